The van der Waals surface area contributed by atoms with E-state index in [1.807, 2.05) is 7.05 Å². The zero-order valence-electron chi connectivity index (χ0n) is 15.1. The van der Waals surface area contributed by atoms with E-state index in [-0.39, 0.29) is 0 Å². The van der Waals surface area contributed by atoms with Crippen molar-refractivity contribution in [1.29, 1.82) is 0 Å². The van der Waals surface area contributed by atoms with Gasteiger partial charge in [0, 0.05) is 32.7 Å². The Hall–Kier alpha value is -1.55. The monoisotopic (exact) mass is 316 g/mol. The summed E-state index contributed by atoms with van der Waals surface area (Å²) in [6.07, 6.45) is 3.65. The molecule has 2 rings (SSSR count). The molecule has 1 heterocycles. The number of likely N-dealkylation sites (tertiary alicyclic amines) is 1. The lowest BCUT2D eigenvalue weighted by molar-refractivity contribution is 0.256. The van der Waals surface area contributed by atoms with E-state index in [0.717, 1.165) is 37.9 Å². The van der Waals surface area contributed by atoms with E-state index < -0.39 is 0 Å². The van der Waals surface area contributed by atoms with Gasteiger partial charge in [0.25, 0.3) is 0 Å². The highest BCUT2D eigenvalue weighted by atomic mass is 15.3. The molecule has 1 N–H and O–H groups in total. The first-order valence-electron chi connectivity index (χ1n) is 8.76. The number of guanidine groups is 1. The Balaban J connectivity index is 1.91. The van der Waals surface area contributed by atoms with Crippen LogP contribution >= 0.6 is 0 Å². The minimum Gasteiger partial charge on any atom is -0.355 e. The SMILES string of the molecule is CN=C(NCC(Cc1ccccc1)N(C)C)N1CCCC(C)C1. The van der Waals surface area contributed by atoms with Crippen LogP contribution in [0.25, 0.3) is 0 Å². The summed E-state index contributed by atoms with van der Waals surface area (Å²) in [7, 11) is 6.20. The highest BCUT2D eigenvalue weighted by molar-refractivity contribution is 5.80. The molecule has 4 heteroatoms. The van der Waals surface area contributed by atoms with Crippen molar-refractivity contribution in [1.82, 2.24) is 15.1 Å². The Labute approximate surface area is 141 Å². The summed E-state index contributed by atoms with van der Waals surface area (Å²) in [5.41, 5.74) is 1.38. The first-order valence-corrected chi connectivity index (χ1v) is 8.76. The van der Waals surface area contributed by atoms with Crippen LogP contribution in [0.5, 0.6) is 0 Å². The average Bonchev–Trinajstić information content (AvgIpc) is 2.55. The molecule has 1 aromatic rings. The van der Waals surface area contributed by atoms with Crippen LogP contribution in [0.1, 0.15) is 25.3 Å². The van der Waals surface area contributed by atoms with Crippen LogP contribution in [0.15, 0.2) is 35.3 Å². The van der Waals surface area contributed by atoms with Gasteiger partial charge in [-0.3, -0.25) is 4.99 Å². The number of hydrogen-bond acceptors (Lipinski definition) is 2. The van der Waals surface area contributed by atoms with Gasteiger partial charge < -0.3 is 15.1 Å². The molecule has 0 aliphatic carbocycles. The quantitative estimate of drug-likeness (QED) is 0.669. The van der Waals surface area contributed by atoms with Crippen molar-refractivity contribution >= 4 is 5.96 Å². The lowest BCUT2D eigenvalue weighted by Crippen LogP contribution is -2.50. The van der Waals surface area contributed by atoms with Crippen molar-refractivity contribution in [3.05, 3.63) is 35.9 Å². The number of benzene rings is 1. The number of nitrogens with zero attached hydrogens (tertiary/aromatic N) is 3. The first-order chi connectivity index (χ1) is 11.1. The summed E-state index contributed by atoms with van der Waals surface area (Å²) < 4.78 is 0. The molecule has 1 aromatic carbocycles. The van der Waals surface area contributed by atoms with Gasteiger partial charge in [0.05, 0.1) is 0 Å². The molecule has 1 aliphatic heterocycles. The number of nitrogens with one attached hydrogen (secondary N) is 1. The van der Waals surface area contributed by atoms with Gasteiger partial charge in [-0.1, -0.05) is 37.3 Å². The second-order valence-electron chi connectivity index (χ2n) is 6.93. The Bertz CT molecular complexity index is 483. The number of hydrogen-bond donors (Lipinski definition) is 1. The van der Waals surface area contributed by atoms with Crippen molar-refractivity contribution < 1.29 is 0 Å². The molecule has 0 aromatic heterocycles. The number of likely N-dealkylation sites (N-methyl/N-ethyl adjacent to an activating group) is 1. The number of piperidine rings is 1. The highest BCUT2D eigenvalue weighted by Gasteiger charge is 2.20. The van der Waals surface area contributed by atoms with Crippen LogP contribution in [0.3, 0.4) is 0 Å². The fourth-order valence-electron chi connectivity index (χ4n) is 3.25. The third-order valence-corrected chi connectivity index (χ3v) is 4.71. The average molecular weight is 316 g/mol. The van der Waals surface area contributed by atoms with Gasteiger partial charge in [0.2, 0.25) is 0 Å². The summed E-state index contributed by atoms with van der Waals surface area (Å²) in [6.45, 7) is 5.48. The third kappa shape index (κ3) is 5.54. The molecular weight excluding hydrogens is 284 g/mol. The largest absolute Gasteiger partial charge is 0.355 e. The smallest absolute Gasteiger partial charge is 0.193 e. The summed E-state index contributed by atoms with van der Waals surface area (Å²) in [4.78, 5) is 9.20. The van der Waals surface area contributed by atoms with Crippen molar-refractivity contribution in [2.24, 2.45) is 10.9 Å². The Morgan fingerprint density at radius 2 is 2.09 bits per heavy atom. The fraction of sp³-hybridized carbons (Fsp3) is 0.632. The molecule has 0 amide bonds. The summed E-state index contributed by atoms with van der Waals surface area (Å²) >= 11 is 0. The summed E-state index contributed by atoms with van der Waals surface area (Å²) in [6, 6.07) is 11.2. The maximum atomic E-state index is 4.50. The van der Waals surface area contributed by atoms with Gasteiger partial charge in [0.1, 0.15) is 0 Å². The maximum Gasteiger partial charge on any atom is 0.193 e. The van der Waals surface area contributed by atoms with Crippen LogP contribution < -0.4 is 5.32 Å². The molecule has 2 unspecified atom stereocenters. The minimum absolute atomic E-state index is 0.455. The van der Waals surface area contributed by atoms with Crippen LogP contribution in [-0.4, -0.2) is 62.6 Å². The molecule has 0 radical (unpaired) electrons. The second kappa shape index (κ2) is 8.92. The second-order valence-corrected chi connectivity index (χ2v) is 6.93. The molecular formula is C19H32N4. The van der Waals surface area contributed by atoms with Gasteiger partial charge in [-0.2, -0.15) is 0 Å². The van der Waals surface area contributed by atoms with E-state index in [1.165, 1.54) is 18.4 Å². The van der Waals surface area contributed by atoms with Crippen LogP contribution in [0.2, 0.25) is 0 Å². The van der Waals surface area contributed by atoms with E-state index in [1.54, 1.807) is 0 Å². The van der Waals surface area contributed by atoms with Gasteiger partial charge >= 0.3 is 0 Å². The lowest BCUT2D eigenvalue weighted by atomic mass is 10.0. The topological polar surface area (TPSA) is 30.9 Å². The molecule has 4 nitrogen and oxygen atoms in total. The summed E-state index contributed by atoms with van der Waals surface area (Å²) in [5, 5.41) is 3.60. The standard InChI is InChI=1S/C19H32N4/c1-16-9-8-12-23(15-16)19(20-2)21-14-18(22(3)4)13-17-10-6-5-7-11-17/h5-7,10-11,16,18H,8-9,12-15H2,1-4H3,(H,20,21). The predicted molar refractivity (Wildman–Crippen MR) is 99.0 cm³/mol. The molecule has 1 fully saturated rings. The molecule has 0 spiro atoms. The van der Waals surface area contributed by atoms with E-state index >= 15 is 0 Å². The van der Waals surface area contributed by atoms with Gasteiger partial charge in [-0.25, -0.2) is 0 Å². The normalized spacial score (nSPS) is 20.7. The van der Waals surface area contributed by atoms with Crippen molar-refractivity contribution in [2.45, 2.75) is 32.2 Å². The minimum atomic E-state index is 0.455. The van der Waals surface area contributed by atoms with Crippen LogP contribution in [-0.2, 0) is 6.42 Å². The lowest BCUT2D eigenvalue weighted by Gasteiger charge is -2.34. The molecule has 2 atom stereocenters. The number of rotatable bonds is 5. The van der Waals surface area contributed by atoms with Crippen LogP contribution in [0, 0.1) is 5.92 Å². The molecule has 0 bridgehead atoms. The van der Waals surface area contributed by atoms with E-state index in [0.29, 0.717) is 6.04 Å². The Morgan fingerprint density at radius 1 is 1.35 bits per heavy atom. The molecule has 128 valence electrons. The molecule has 1 aliphatic rings. The summed E-state index contributed by atoms with van der Waals surface area (Å²) in [5.74, 6) is 1.81. The Kier molecular flexibility index (Phi) is 6.90. The van der Waals surface area contributed by atoms with Crippen LogP contribution in [0.4, 0.5) is 0 Å². The van der Waals surface area contributed by atoms with Gasteiger partial charge in [0.15, 0.2) is 5.96 Å². The molecule has 1 saturated heterocycles. The third-order valence-electron chi connectivity index (χ3n) is 4.71. The highest BCUT2D eigenvalue weighted by Crippen LogP contribution is 2.15. The van der Waals surface area contributed by atoms with Gasteiger partial charge in [-0.05, 0) is 44.8 Å². The fourth-order valence-corrected chi connectivity index (χ4v) is 3.25. The molecule has 23 heavy (non-hydrogen) atoms. The first kappa shape index (κ1) is 17.8. The molecule has 0 saturated carbocycles. The maximum absolute atomic E-state index is 4.50. The number of aliphatic imine (C=N–C) groups is 1. The van der Waals surface area contributed by atoms with E-state index in [2.05, 4.69) is 71.5 Å². The van der Waals surface area contributed by atoms with Gasteiger partial charge in [-0.15, -0.1) is 0 Å². The zero-order valence-corrected chi connectivity index (χ0v) is 15.1. The Morgan fingerprint density at radius 3 is 2.70 bits per heavy atom. The van der Waals surface area contributed by atoms with Crippen molar-refractivity contribution in [3.63, 3.8) is 0 Å². The van der Waals surface area contributed by atoms with Crippen molar-refractivity contribution in [2.75, 3.05) is 40.8 Å². The van der Waals surface area contributed by atoms with E-state index in [9.17, 15) is 0 Å². The van der Waals surface area contributed by atoms with Crippen molar-refractivity contribution in [3.8, 4) is 0 Å². The zero-order chi connectivity index (χ0) is 16.7. The predicted octanol–water partition coefficient (Wildman–Crippen LogP) is 2.47. The van der Waals surface area contributed by atoms with E-state index in [4.69, 9.17) is 0 Å².